The Morgan fingerprint density at radius 1 is 0.657 bits per heavy atom. The predicted octanol–water partition coefficient (Wildman–Crippen LogP) is 4.46. The Bertz CT molecular complexity index is 1130. The number of ether oxygens (including phenoxy) is 4. The lowest BCUT2D eigenvalue weighted by Crippen LogP contribution is -2.19. The number of amidine groups is 2. The largest absolute Gasteiger partial charge is 0.485 e. The van der Waals surface area contributed by atoms with Crippen LogP contribution in [-0.4, -0.2) is 24.9 Å². The lowest BCUT2D eigenvalue weighted by atomic mass is 10.1. The fourth-order valence-corrected chi connectivity index (χ4v) is 2.80. The van der Waals surface area contributed by atoms with Gasteiger partial charge < -0.3 is 30.4 Å². The van der Waals surface area contributed by atoms with Gasteiger partial charge in [-0.25, -0.2) is 4.39 Å². The average molecular weight is 525 g/mol. The van der Waals surface area contributed by atoms with E-state index >= 15 is 0 Å². The van der Waals surface area contributed by atoms with Crippen LogP contribution in [0.25, 0.3) is 0 Å². The molecule has 0 saturated heterocycles. The van der Waals surface area contributed by atoms with Crippen LogP contribution in [-0.2, 0) is 13.2 Å². The van der Waals surface area contributed by atoms with Gasteiger partial charge in [0.25, 0.3) is 0 Å². The Hall–Kier alpha value is -3.69. The molecule has 3 aromatic carbocycles. The van der Waals surface area contributed by atoms with Crippen LogP contribution in [0.2, 0.25) is 0 Å². The average Bonchev–Trinajstić information content (AvgIpc) is 2.80. The van der Waals surface area contributed by atoms with E-state index in [2.05, 4.69) is 0 Å². The van der Waals surface area contributed by atoms with Crippen LogP contribution in [0.4, 0.5) is 4.39 Å². The summed E-state index contributed by atoms with van der Waals surface area (Å²) >= 11 is 0. The maximum absolute atomic E-state index is 14.6. The summed E-state index contributed by atoms with van der Waals surface area (Å²) in [7, 11) is 0. The van der Waals surface area contributed by atoms with Gasteiger partial charge in [0.05, 0.1) is 0 Å². The van der Waals surface area contributed by atoms with Crippen LogP contribution in [0.15, 0.2) is 66.7 Å². The van der Waals surface area contributed by atoms with Gasteiger partial charge in [-0.1, -0.05) is 36.4 Å². The Morgan fingerprint density at radius 3 is 1.51 bits per heavy atom. The second-order valence-corrected chi connectivity index (χ2v) is 7.02. The molecule has 0 atom stereocenters. The van der Waals surface area contributed by atoms with Crippen molar-refractivity contribution in [1.82, 2.24) is 0 Å². The Labute approximate surface area is 215 Å². The topological polar surface area (TPSA) is 137 Å². The summed E-state index contributed by atoms with van der Waals surface area (Å²) in [5.74, 6) is 1.12. The summed E-state index contributed by atoms with van der Waals surface area (Å²) in [6.07, 6.45) is 0. The zero-order chi connectivity index (χ0) is 23.6. The molecule has 3 aromatic rings. The molecule has 0 aromatic heterocycles. The van der Waals surface area contributed by atoms with Crippen molar-refractivity contribution in [3.05, 3.63) is 83.7 Å². The molecule has 0 amide bonds. The molecule has 35 heavy (non-hydrogen) atoms. The molecule has 8 nitrogen and oxygen atoms in total. The van der Waals surface area contributed by atoms with Crippen molar-refractivity contribution < 1.29 is 23.3 Å². The minimum Gasteiger partial charge on any atom is -0.485 e. The molecule has 0 aliphatic carbocycles. The highest BCUT2D eigenvalue weighted by molar-refractivity contribution is 5.85. The number of benzene rings is 3. The molecule has 0 fully saturated rings. The van der Waals surface area contributed by atoms with E-state index in [9.17, 15) is 4.39 Å². The molecule has 0 aliphatic rings. The first-order chi connectivity index (χ1) is 15.9. The third-order valence-corrected chi connectivity index (χ3v) is 4.36. The highest BCUT2D eigenvalue weighted by Gasteiger charge is 2.10. The second-order valence-electron chi connectivity index (χ2n) is 7.02. The Kier molecular flexibility index (Phi) is 12.2. The summed E-state index contributed by atoms with van der Waals surface area (Å²) in [4.78, 5) is 0. The summed E-state index contributed by atoms with van der Waals surface area (Å²) < 4.78 is 37.0. The molecule has 6 N–H and O–H groups in total. The van der Waals surface area contributed by atoms with E-state index in [-0.39, 0.29) is 62.9 Å². The molecule has 0 unspecified atom stereocenters. The van der Waals surface area contributed by atoms with Crippen LogP contribution in [0.1, 0.15) is 11.1 Å². The van der Waals surface area contributed by atoms with Gasteiger partial charge in [0, 0.05) is 5.56 Å². The minimum atomic E-state index is -0.431. The van der Waals surface area contributed by atoms with Gasteiger partial charge >= 0.3 is 0 Å². The normalized spacial score (nSPS) is 9.74. The molecule has 0 heterocycles. The van der Waals surface area contributed by atoms with Crippen molar-refractivity contribution in [1.29, 1.82) is 10.8 Å². The molecule has 0 bridgehead atoms. The number of rotatable bonds is 12. The lowest BCUT2D eigenvalue weighted by Gasteiger charge is -2.14. The van der Waals surface area contributed by atoms with Crippen LogP contribution in [0, 0.1) is 16.6 Å². The fourth-order valence-electron chi connectivity index (χ4n) is 2.80. The molecular weight excluding hydrogens is 498 g/mol. The minimum absolute atomic E-state index is 0. The van der Waals surface area contributed by atoms with E-state index in [0.717, 1.165) is 0 Å². The van der Waals surface area contributed by atoms with E-state index in [1.54, 1.807) is 60.7 Å². The standard InChI is InChI=1S/C24H25FN4O4.2ClH/c25-18-11-16(12-30-19-5-1-3-7-21(19)32-14-23(26)27)9-10-17(18)13-31-20-6-2-4-8-22(20)33-15-24(28)29;;/h1-11H,12-15H2,(H3,26,27)(H3,28,29);2*1H. The van der Waals surface area contributed by atoms with Gasteiger partial charge in [0.2, 0.25) is 0 Å². The molecule has 0 spiro atoms. The number of hydrogen-bond donors (Lipinski definition) is 4. The van der Waals surface area contributed by atoms with Gasteiger partial charge in [-0.2, -0.15) is 0 Å². The van der Waals surface area contributed by atoms with Crippen LogP contribution in [0.5, 0.6) is 23.0 Å². The highest BCUT2D eigenvalue weighted by Crippen LogP contribution is 2.29. The zero-order valence-corrected chi connectivity index (χ0v) is 20.3. The van der Waals surface area contributed by atoms with Crippen molar-refractivity contribution in [3.63, 3.8) is 0 Å². The van der Waals surface area contributed by atoms with E-state index in [1.165, 1.54) is 6.07 Å². The van der Waals surface area contributed by atoms with Gasteiger partial charge in [-0.15, -0.1) is 24.8 Å². The van der Waals surface area contributed by atoms with Gasteiger partial charge in [-0.05, 0) is 35.9 Å². The van der Waals surface area contributed by atoms with Crippen LogP contribution in [0.3, 0.4) is 0 Å². The highest BCUT2D eigenvalue weighted by atomic mass is 35.5. The number of para-hydroxylation sites is 4. The molecule has 0 aliphatic heterocycles. The molecule has 11 heteroatoms. The zero-order valence-electron chi connectivity index (χ0n) is 18.7. The number of nitrogens with two attached hydrogens (primary N) is 2. The van der Waals surface area contributed by atoms with Crippen molar-refractivity contribution in [2.24, 2.45) is 11.5 Å². The molecule has 0 radical (unpaired) electrons. The lowest BCUT2D eigenvalue weighted by molar-refractivity contribution is 0.271. The molecule has 3 rings (SSSR count). The fraction of sp³-hybridized carbons (Fsp3) is 0.167. The molecule has 0 saturated carbocycles. The first-order valence-corrected chi connectivity index (χ1v) is 10.0. The van der Waals surface area contributed by atoms with E-state index in [0.29, 0.717) is 34.1 Å². The quantitative estimate of drug-likeness (QED) is 0.204. The Morgan fingerprint density at radius 2 is 1.09 bits per heavy atom. The first kappa shape index (κ1) is 29.3. The van der Waals surface area contributed by atoms with Crippen molar-refractivity contribution in [2.75, 3.05) is 13.2 Å². The summed E-state index contributed by atoms with van der Waals surface area (Å²) in [6.45, 7) is 0.00826. The predicted molar refractivity (Wildman–Crippen MR) is 137 cm³/mol. The SMILES string of the molecule is Cl.Cl.N=C(N)COc1ccccc1OCc1ccc(COc2ccccc2OCC(=N)N)c(F)c1. The maximum Gasteiger partial charge on any atom is 0.161 e. The smallest absolute Gasteiger partial charge is 0.161 e. The van der Waals surface area contributed by atoms with Gasteiger partial charge in [-0.3, -0.25) is 10.8 Å². The van der Waals surface area contributed by atoms with Crippen LogP contribution < -0.4 is 30.4 Å². The van der Waals surface area contributed by atoms with E-state index in [1.807, 2.05) is 0 Å². The summed E-state index contributed by atoms with van der Waals surface area (Å²) in [5.41, 5.74) is 11.6. The van der Waals surface area contributed by atoms with Crippen molar-refractivity contribution in [3.8, 4) is 23.0 Å². The molecular formula is C24H27Cl2FN4O4. The summed E-state index contributed by atoms with van der Waals surface area (Å²) in [5, 5.41) is 14.5. The van der Waals surface area contributed by atoms with Gasteiger partial charge in [0.15, 0.2) is 23.0 Å². The van der Waals surface area contributed by atoms with E-state index in [4.69, 9.17) is 41.2 Å². The van der Waals surface area contributed by atoms with Crippen molar-refractivity contribution in [2.45, 2.75) is 13.2 Å². The number of nitrogens with one attached hydrogen (secondary N) is 2. The molecule has 188 valence electrons. The third kappa shape index (κ3) is 9.23. The van der Waals surface area contributed by atoms with E-state index < -0.39 is 5.82 Å². The summed E-state index contributed by atoms with van der Waals surface area (Å²) in [6, 6.07) is 18.7. The van der Waals surface area contributed by atoms with Crippen molar-refractivity contribution >= 4 is 36.5 Å². The second kappa shape index (κ2) is 14.5. The van der Waals surface area contributed by atoms with Gasteiger partial charge in [0.1, 0.15) is 43.9 Å². The van der Waals surface area contributed by atoms with Crippen LogP contribution >= 0.6 is 24.8 Å². The number of halogens is 3. The monoisotopic (exact) mass is 524 g/mol. The Balaban J connectivity index is 0.00000306. The maximum atomic E-state index is 14.6. The number of hydrogen-bond acceptors (Lipinski definition) is 6. The first-order valence-electron chi connectivity index (χ1n) is 10.0. The third-order valence-electron chi connectivity index (χ3n) is 4.36.